The van der Waals surface area contributed by atoms with E-state index < -0.39 is 0 Å². The highest BCUT2D eigenvalue weighted by molar-refractivity contribution is 5.07. The Morgan fingerprint density at radius 2 is 2.18 bits per heavy atom. The van der Waals surface area contributed by atoms with Crippen LogP contribution >= 0.6 is 0 Å². The van der Waals surface area contributed by atoms with Gasteiger partial charge in [0, 0.05) is 20.5 Å². The van der Waals surface area contributed by atoms with Gasteiger partial charge in [-0.2, -0.15) is 0 Å². The topological polar surface area (TPSA) is 35.3 Å². The lowest BCUT2D eigenvalue weighted by Gasteiger charge is -1.93. The van der Waals surface area contributed by atoms with Crippen molar-refractivity contribution in [3.05, 3.63) is 17.3 Å². The molecule has 0 N–H and O–H groups in total. The third-order valence-electron chi connectivity index (χ3n) is 1.54. The minimum absolute atomic E-state index is 0.701. The van der Waals surface area contributed by atoms with Crippen molar-refractivity contribution in [3.8, 4) is 0 Å². The molecule has 0 atom stereocenters. The Hall–Kier alpha value is -0.830. The number of ether oxygens (including phenoxy) is 1. The predicted octanol–water partition coefficient (Wildman–Crippen LogP) is 1.48. The molecule has 11 heavy (non-hydrogen) atoms. The number of aromatic nitrogens is 1. The minimum Gasteiger partial charge on any atom is -0.446 e. The Morgan fingerprint density at radius 1 is 1.45 bits per heavy atom. The average Bonchev–Trinajstić information content (AvgIpc) is 2.26. The maximum atomic E-state index is 5.24. The molecule has 0 fully saturated rings. The van der Waals surface area contributed by atoms with Crippen LogP contribution in [-0.4, -0.2) is 18.7 Å². The van der Waals surface area contributed by atoms with Gasteiger partial charge in [-0.15, -0.1) is 0 Å². The highest BCUT2D eigenvalue weighted by atomic mass is 16.5. The standard InChI is InChI=1S/C8H13NO2/c1-6-8(4-5-10-3)9-7(2)11-6/h4-5H2,1-3H3. The van der Waals surface area contributed by atoms with Gasteiger partial charge < -0.3 is 9.15 Å². The number of hydrogen-bond acceptors (Lipinski definition) is 3. The van der Waals surface area contributed by atoms with Gasteiger partial charge in [0.25, 0.3) is 0 Å². The van der Waals surface area contributed by atoms with E-state index >= 15 is 0 Å². The van der Waals surface area contributed by atoms with Crippen molar-refractivity contribution in [2.45, 2.75) is 20.3 Å². The molecule has 0 bridgehead atoms. The van der Waals surface area contributed by atoms with Gasteiger partial charge in [0.2, 0.25) is 0 Å². The molecule has 0 unspecified atom stereocenters. The molecular formula is C8H13NO2. The highest BCUT2D eigenvalue weighted by Gasteiger charge is 2.04. The monoisotopic (exact) mass is 155 g/mol. The molecule has 1 aromatic rings. The third kappa shape index (κ3) is 2.05. The second-order valence-corrected chi connectivity index (χ2v) is 2.48. The summed E-state index contributed by atoms with van der Waals surface area (Å²) in [4.78, 5) is 4.20. The van der Waals surface area contributed by atoms with Gasteiger partial charge in [0.1, 0.15) is 5.76 Å². The minimum atomic E-state index is 0.701. The van der Waals surface area contributed by atoms with Crippen molar-refractivity contribution in [2.75, 3.05) is 13.7 Å². The number of nitrogens with zero attached hydrogens (tertiary/aromatic N) is 1. The van der Waals surface area contributed by atoms with Crippen molar-refractivity contribution in [1.82, 2.24) is 4.98 Å². The first-order chi connectivity index (χ1) is 5.24. The summed E-state index contributed by atoms with van der Waals surface area (Å²) >= 11 is 0. The van der Waals surface area contributed by atoms with Crippen molar-refractivity contribution in [2.24, 2.45) is 0 Å². The van der Waals surface area contributed by atoms with Gasteiger partial charge in [0.15, 0.2) is 5.89 Å². The van der Waals surface area contributed by atoms with E-state index in [1.54, 1.807) is 7.11 Å². The number of methoxy groups -OCH3 is 1. The maximum Gasteiger partial charge on any atom is 0.191 e. The Balaban J connectivity index is 2.62. The summed E-state index contributed by atoms with van der Waals surface area (Å²) in [5.41, 5.74) is 1.00. The van der Waals surface area contributed by atoms with Crippen molar-refractivity contribution in [1.29, 1.82) is 0 Å². The first-order valence-corrected chi connectivity index (χ1v) is 3.66. The molecule has 0 amide bonds. The van der Waals surface area contributed by atoms with Gasteiger partial charge in [-0.1, -0.05) is 0 Å². The molecule has 1 aromatic heterocycles. The summed E-state index contributed by atoms with van der Waals surface area (Å²) in [5, 5.41) is 0. The number of rotatable bonds is 3. The Morgan fingerprint density at radius 3 is 2.64 bits per heavy atom. The molecule has 0 aliphatic carbocycles. The van der Waals surface area contributed by atoms with Crippen LogP contribution in [0.25, 0.3) is 0 Å². The molecule has 0 aromatic carbocycles. The van der Waals surface area contributed by atoms with Gasteiger partial charge >= 0.3 is 0 Å². The van der Waals surface area contributed by atoms with Crippen LogP contribution in [0.15, 0.2) is 4.42 Å². The van der Waals surface area contributed by atoms with Crippen molar-refractivity contribution < 1.29 is 9.15 Å². The van der Waals surface area contributed by atoms with Crippen LogP contribution in [0.2, 0.25) is 0 Å². The Bertz CT molecular complexity index is 230. The maximum absolute atomic E-state index is 5.24. The van der Waals surface area contributed by atoms with E-state index in [-0.39, 0.29) is 0 Å². The summed E-state index contributed by atoms with van der Waals surface area (Å²) in [6, 6.07) is 0. The second-order valence-electron chi connectivity index (χ2n) is 2.48. The van der Waals surface area contributed by atoms with Crippen LogP contribution in [-0.2, 0) is 11.2 Å². The van der Waals surface area contributed by atoms with Crippen LogP contribution in [0, 0.1) is 13.8 Å². The van der Waals surface area contributed by atoms with Crippen LogP contribution < -0.4 is 0 Å². The molecule has 0 saturated carbocycles. The first kappa shape index (κ1) is 8.27. The van der Waals surface area contributed by atoms with E-state index in [0.29, 0.717) is 6.61 Å². The van der Waals surface area contributed by atoms with E-state index in [1.807, 2.05) is 13.8 Å². The smallest absolute Gasteiger partial charge is 0.191 e. The molecule has 0 saturated heterocycles. The fraction of sp³-hybridized carbons (Fsp3) is 0.625. The third-order valence-corrected chi connectivity index (χ3v) is 1.54. The molecule has 3 heteroatoms. The summed E-state index contributed by atoms with van der Waals surface area (Å²) in [6.07, 6.45) is 0.833. The summed E-state index contributed by atoms with van der Waals surface area (Å²) in [7, 11) is 1.68. The number of hydrogen-bond donors (Lipinski definition) is 0. The predicted molar refractivity (Wildman–Crippen MR) is 41.6 cm³/mol. The van der Waals surface area contributed by atoms with Gasteiger partial charge in [-0.25, -0.2) is 4.98 Å². The Labute approximate surface area is 66.4 Å². The highest BCUT2D eigenvalue weighted by Crippen LogP contribution is 2.08. The molecule has 0 aliphatic heterocycles. The van der Waals surface area contributed by atoms with Gasteiger partial charge in [0.05, 0.1) is 12.3 Å². The molecular weight excluding hydrogens is 142 g/mol. The number of aryl methyl sites for hydroxylation is 2. The normalized spacial score (nSPS) is 10.5. The summed E-state index contributed by atoms with van der Waals surface area (Å²) in [5.74, 6) is 1.63. The van der Waals surface area contributed by atoms with Crippen LogP contribution in [0.3, 0.4) is 0 Å². The van der Waals surface area contributed by atoms with E-state index in [1.165, 1.54) is 0 Å². The quantitative estimate of drug-likeness (QED) is 0.663. The lowest BCUT2D eigenvalue weighted by atomic mass is 10.3. The molecule has 62 valence electrons. The van der Waals surface area contributed by atoms with Crippen molar-refractivity contribution >= 4 is 0 Å². The molecule has 0 spiro atoms. The molecule has 0 aliphatic rings. The lowest BCUT2D eigenvalue weighted by molar-refractivity contribution is 0.201. The Kier molecular flexibility index (Phi) is 2.65. The molecule has 1 heterocycles. The van der Waals surface area contributed by atoms with Crippen LogP contribution in [0.1, 0.15) is 17.3 Å². The average molecular weight is 155 g/mol. The van der Waals surface area contributed by atoms with Gasteiger partial charge in [-0.3, -0.25) is 0 Å². The van der Waals surface area contributed by atoms with Crippen molar-refractivity contribution in [3.63, 3.8) is 0 Å². The first-order valence-electron chi connectivity index (χ1n) is 3.66. The van der Waals surface area contributed by atoms with E-state index in [0.717, 1.165) is 23.8 Å². The van der Waals surface area contributed by atoms with E-state index in [9.17, 15) is 0 Å². The molecule has 0 radical (unpaired) electrons. The zero-order chi connectivity index (χ0) is 8.27. The van der Waals surface area contributed by atoms with Gasteiger partial charge in [-0.05, 0) is 6.92 Å². The molecule has 3 nitrogen and oxygen atoms in total. The lowest BCUT2D eigenvalue weighted by Crippen LogP contribution is -1.96. The summed E-state index contributed by atoms with van der Waals surface area (Å²) < 4.78 is 10.2. The fourth-order valence-electron chi connectivity index (χ4n) is 1.00. The number of oxazole rings is 1. The SMILES string of the molecule is COCCc1nc(C)oc1C. The van der Waals surface area contributed by atoms with Crippen LogP contribution in [0.4, 0.5) is 0 Å². The zero-order valence-electron chi connectivity index (χ0n) is 7.18. The van der Waals surface area contributed by atoms with E-state index in [2.05, 4.69) is 4.98 Å². The fourth-order valence-corrected chi connectivity index (χ4v) is 1.00. The zero-order valence-corrected chi connectivity index (χ0v) is 7.18. The van der Waals surface area contributed by atoms with Crippen LogP contribution in [0.5, 0.6) is 0 Å². The summed E-state index contributed by atoms with van der Waals surface area (Å²) in [6.45, 7) is 4.47. The second kappa shape index (κ2) is 3.53. The molecule has 1 rings (SSSR count). The largest absolute Gasteiger partial charge is 0.446 e. The van der Waals surface area contributed by atoms with E-state index in [4.69, 9.17) is 9.15 Å².